The first-order valence-electron chi connectivity index (χ1n) is 13.0. The zero-order chi connectivity index (χ0) is 25.0. The fourth-order valence-corrected chi connectivity index (χ4v) is 4.81. The summed E-state index contributed by atoms with van der Waals surface area (Å²) in [6.07, 6.45) is 10.8. The van der Waals surface area contributed by atoms with Crippen LogP contribution in [0.15, 0.2) is 24.3 Å². The highest BCUT2D eigenvalue weighted by molar-refractivity contribution is 5.69. The summed E-state index contributed by atoms with van der Waals surface area (Å²) in [6.45, 7) is 4.21. The molecular weight excluding hydrogens is 442 g/mol. The van der Waals surface area contributed by atoms with E-state index in [1.54, 1.807) is 19.1 Å². The van der Waals surface area contributed by atoms with Gasteiger partial charge in [0, 0.05) is 18.9 Å². The van der Waals surface area contributed by atoms with Crippen LogP contribution in [0, 0.1) is 11.8 Å². The van der Waals surface area contributed by atoms with E-state index in [9.17, 15) is 9.90 Å². The van der Waals surface area contributed by atoms with Gasteiger partial charge in [0.2, 0.25) is 0 Å². The molecule has 5 nitrogen and oxygen atoms in total. The van der Waals surface area contributed by atoms with Gasteiger partial charge in [-0.1, -0.05) is 44.1 Å². The number of unbranched alkanes of at least 4 members (excludes halogenated alkanes) is 2. The number of ether oxygens (including phenoxy) is 3. The van der Waals surface area contributed by atoms with Crippen molar-refractivity contribution >= 4 is 5.97 Å². The van der Waals surface area contributed by atoms with Crippen LogP contribution in [0.3, 0.4) is 0 Å². The average Bonchev–Trinajstić information content (AvgIpc) is 3.20. The zero-order valence-electron chi connectivity index (χ0n) is 21.1. The largest absolute Gasteiger partial charge is 0.469 e. The van der Waals surface area contributed by atoms with Crippen LogP contribution in [0.1, 0.15) is 84.5 Å². The first-order chi connectivity index (χ1) is 16.3. The van der Waals surface area contributed by atoms with Gasteiger partial charge in [0.25, 0.3) is 0 Å². The van der Waals surface area contributed by atoms with E-state index in [4.69, 9.17) is 9.47 Å². The summed E-state index contributed by atoms with van der Waals surface area (Å²) in [5.74, 6) is -1.07. The van der Waals surface area contributed by atoms with Crippen LogP contribution in [0.5, 0.6) is 0 Å². The van der Waals surface area contributed by atoms with Gasteiger partial charge < -0.3 is 19.3 Å². The molecule has 0 aromatic rings. The van der Waals surface area contributed by atoms with E-state index in [0.717, 1.165) is 32.1 Å². The lowest BCUT2D eigenvalue weighted by Gasteiger charge is -2.33. The van der Waals surface area contributed by atoms with Crippen molar-refractivity contribution in [3.8, 4) is 0 Å². The van der Waals surface area contributed by atoms with Gasteiger partial charge >= 0.3 is 5.97 Å². The molecular formula is C27H44F2O5. The molecule has 7 atom stereocenters. The average molecular weight is 487 g/mol. The Bertz CT molecular complexity index is 645. The molecule has 0 radical (unpaired) electrons. The topological polar surface area (TPSA) is 65.0 Å². The minimum absolute atomic E-state index is 0.204. The molecule has 0 spiro atoms. The molecule has 0 aromatic heterocycles. The number of aliphatic hydroxyl groups excluding tert-OH is 1. The summed E-state index contributed by atoms with van der Waals surface area (Å²) >= 11 is 0. The Morgan fingerprint density at radius 1 is 1.24 bits per heavy atom. The van der Waals surface area contributed by atoms with E-state index in [2.05, 4.69) is 4.74 Å². The standard InChI is InChI=1S/C27H44F2O5/c1-4-5-18-27(2,29)23(34-25-13-9-10-19-33-25)17-15-20-14-16-22(30)26(20)21(28)11-7-6-8-12-24(31)32-3/h7,11,15,17,20-23,25-26,30H,4-6,8-10,12-14,16,18-19H2,1-3H3/t20-,21?,22+,23-,25?,26+,27?/m1/s1. The smallest absolute Gasteiger partial charge is 0.305 e. The number of alkyl halides is 2. The highest BCUT2D eigenvalue weighted by Gasteiger charge is 2.40. The summed E-state index contributed by atoms with van der Waals surface area (Å²) in [5.41, 5.74) is -1.56. The Morgan fingerprint density at radius 3 is 2.71 bits per heavy atom. The first-order valence-corrected chi connectivity index (χ1v) is 13.0. The van der Waals surface area contributed by atoms with E-state index in [-0.39, 0.29) is 11.9 Å². The molecule has 1 aliphatic carbocycles. The number of esters is 1. The van der Waals surface area contributed by atoms with Crippen LogP contribution in [-0.2, 0) is 19.0 Å². The molecule has 2 aliphatic rings. The number of carbonyl (C=O) groups excluding carboxylic acids is 1. The number of halogens is 2. The predicted octanol–water partition coefficient (Wildman–Crippen LogP) is 6.00. The van der Waals surface area contributed by atoms with Gasteiger partial charge in [-0.05, 0) is 64.2 Å². The van der Waals surface area contributed by atoms with Crippen molar-refractivity contribution in [1.29, 1.82) is 0 Å². The van der Waals surface area contributed by atoms with Crippen molar-refractivity contribution in [1.82, 2.24) is 0 Å². The monoisotopic (exact) mass is 486 g/mol. The SMILES string of the molecule is CCCCC(C)(F)[C@@H](C=C[C@H]1CC[C@H](O)[C@@H]1C(F)C=CCCCC(=O)OC)OC1CCCCO1. The molecule has 0 bridgehead atoms. The van der Waals surface area contributed by atoms with Crippen molar-refractivity contribution in [3.05, 3.63) is 24.3 Å². The molecule has 1 N–H and O–H groups in total. The van der Waals surface area contributed by atoms with Gasteiger partial charge in [-0.15, -0.1) is 0 Å². The molecule has 1 aliphatic heterocycles. The molecule has 1 saturated carbocycles. The molecule has 1 saturated heterocycles. The summed E-state index contributed by atoms with van der Waals surface area (Å²) < 4.78 is 47.0. The maximum Gasteiger partial charge on any atom is 0.305 e. The Morgan fingerprint density at radius 2 is 2.03 bits per heavy atom. The quantitative estimate of drug-likeness (QED) is 0.185. The van der Waals surface area contributed by atoms with Crippen molar-refractivity contribution < 1.29 is 32.9 Å². The molecule has 0 aromatic carbocycles. The second-order valence-corrected chi connectivity index (χ2v) is 9.85. The van der Waals surface area contributed by atoms with E-state index in [1.807, 2.05) is 13.0 Å². The Balaban J connectivity index is 2.03. The van der Waals surface area contributed by atoms with Crippen LogP contribution in [0.4, 0.5) is 8.78 Å². The fraction of sp³-hybridized carbons (Fsp3) is 0.815. The number of carbonyl (C=O) groups is 1. The molecule has 34 heavy (non-hydrogen) atoms. The Kier molecular flexibility index (Phi) is 12.7. The normalized spacial score (nSPS) is 29.4. The predicted molar refractivity (Wildman–Crippen MR) is 129 cm³/mol. The number of rotatable bonds is 14. The van der Waals surface area contributed by atoms with Crippen molar-refractivity contribution in [2.75, 3.05) is 13.7 Å². The van der Waals surface area contributed by atoms with E-state index < -0.39 is 36.3 Å². The minimum atomic E-state index is -1.56. The maximum absolute atomic E-state index is 15.6. The molecule has 1 heterocycles. The van der Waals surface area contributed by atoms with Gasteiger partial charge in [0.15, 0.2) is 6.29 Å². The summed E-state index contributed by atoms with van der Waals surface area (Å²) in [7, 11) is 1.35. The Labute approximate surface area is 203 Å². The lowest BCUT2D eigenvalue weighted by molar-refractivity contribution is -0.201. The van der Waals surface area contributed by atoms with Crippen LogP contribution < -0.4 is 0 Å². The molecule has 7 heteroatoms. The number of hydrogen-bond donors (Lipinski definition) is 1. The molecule has 196 valence electrons. The van der Waals surface area contributed by atoms with Crippen molar-refractivity contribution in [2.45, 2.75) is 115 Å². The van der Waals surface area contributed by atoms with Crippen LogP contribution >= 0.6 is 0 Å². The molecule has 2 rings (SSSR count). The maximum atomic E-state index is 15.6. The van der Waals surface area contributed by atoms with Gasteiger partial charge in [-0.2, -0.15) is 0 Å². The molecule has 2 fully saturated rings. The fourth-order valence-electron chi connectivity index (χ4n) is 4.81. The number of allylic oxidation sites excluding steroid dienone is 3. The highest BCUT2D eigenvalue weighted by atomic mass is 19.1. The van der Waals surface area contributed by atoms with Crippen LogP contribution in [0.25, 0.3) is 0 Å². The van der Waals surface area contributed by atoms with Crippen LogP contribution in [0.2, 0.25) is 0 Å². The number of aliphatic hydroxyl groups is 1. The second-order valence-electron chi connectivity index (χ2n) is 9.85. The zero-order valence-corrected chi connectivity index (χ0v) is 21.1. The molecule has 0 amide bonds. The summed E-state index contributed by atoms with van der Waals surface area (Å²) in [6, 6.07) is 0. The minimum Gasteiger partial charge on any atom is -0.469 e. The van der Waals surface area contributed by atoms with E-state index in [0.29, 0.717) is 45.1 Å². The first kappa shape index (κ1) is 28.9. The van der Waals surface area contributed by atoms with Crippen LogP contribution in [-0.4, -0.2) is 55.1 Å². The second kappa shape index (κ2) is 14.9. The lowest BCUT2D eigenvalue weighted by Crippen LogP contribution is -2.40. The highest BCUT2D eigenvalue weighted by Crippen LogP contribution is 2.38. The lowest BCUT2D eigenvalue weighted by atomic mass is 9.87. The van der Waals surface area contributed by atoms with Crippen molar-refractivity contribution in [2.24, 2.45) is 11.8 Å². The van der Waals surface area contributed by atoms with E-state index in [1.165, 1.54) is 13.2 Å². The van der Waals surface area contributed by atoms with Gasteiger partial charge in [-0.25, -0.2) is 8.78 Å². The number of methoxy groups -OCH3 is 1. The molecule has 3 unspecified atom stereocenters. The number of hydrogen-bond acceptors (Lipinski definition) is 5. The third kappa shape index (κ3) is 9.38. The van der Waals surface area contributed by atoms with Gasteiger partial charge in [0.05, 0.1) is 13.2 Å². The van der Waals surface area contributed by atoms with E-state index >= 15 is 8.78 Å². The summed E-state index contributed by atoms with van der Waals surface area (Å²) in [5, 5.41) is 10.4. The van der Waals surface area contributed by atoms with Gasteiger partial charge in [0.1, 0.15) is 17.9 Å². The third-order valence-corrected chi connectivity index (χ3v) is 6.98. The van der Waals surface area contributed by atoms with Crippen molar-refractivity contribution in [3.63, 3.8) is 0 Å². The van der Waals surface area contributed by atoms with Gasteiger partial charge in [-0.3, -0.25) is 4.79 Å². The summed E-state index contributed by atoms with van der Waals surface area (Å²) in [4.78, 5) is 11.2. The Hall–Kier alpha value is -1.31. The third-order valence-electron chi connectivity index (χ3n) is 6.98.